The first-order valence-electron chi connectivity index (χ1n) is 8.69. The summed E-state index contributed by atoms with van der Waals surface area (Å²) in [5, 5.41) is 2.99. The van der Waals surface area contributed by atoms with Crippen molar-refractivity contribution in [2.75, 3.05) is 7.11 Å². The van der Waals surface area contributed by atoms with Crippen LogP contribution < -0.4 is 10.1 Å². The zero-order chi connectivity index (χ0) is 18.1. The number of carbonyl (C=O) groups excluding carboxylic acids is 2. The first-order chi connectivity index (χ1) is 11.5. The zero-order valence-electron chi connectivity index (χ0n) is 15.5. The van der Waals surface area contributed by atoms with Crippen molar-refractivity contribution < 1.29 is 14.3 Å². The maximum Gasteiger partial charge on any atom is 0.243 e. The number of nitrogens with one attached hydrogen (secondary N) is 1. The van der Waals surface area contributed by atoms with E-state index >= 15 is 0 Å². The van der Waals surface area contributed by atoms with Crippen LogP contribution in [-0.2, 0) is 16.1 Å². The van der Waals surface area contributed by atoms with E-state index in [4.69, 9.17) is 4.74 Å². The summed E-state index contributed by atoms with van der Waals surface area (Å²) >= 11 is 0. The lowest BCUT2D eigenvalue weighted by molar-refractivity contribution is -0.141. The second-order valence-electron chi connectivity index (χ2n) is 5.97. The van der Waals surface area contributed by atoms with Gasteiger partial charge in [0.05, 0.1) is 7.11 Å². The molecule has 134 valence electrons. The van der Waals surface area contributed by atoms with Crippen molar-refractivity contribution in [3.05, 3.63) is 29.8 Å². The summed E-state index contributed by atoms with van der Waals surface area (Å²) in [4.78, 5) is 26.7. The van der Waals surface area contributed by atoms with E-state index < -0.39 is 6.04 Å². The summed E-state index contributed by atoms with van der Waals surface area (Å²) in [5.74, 6) is 0.633. The van der Waals surface area contributed by atoms with E-state index in [0.29, 0.717) is 19.4 Å². The average Bonchev–Trinajstić information content (AvgIpc) is 2.60. The number of amides is 2. The van der Waals surface area contributed by atoms with Crippen LogP contribution in [0.3, 0.4) is 0 Å². The molecule has 0 fully saturated rings. The SMILES string of the molecule is CCC(=O)N(Cc1cccc(OC)c1)[C@@H](CC)C(=O)N[C@H](C)CC. The number of hydrogen-bond acceptors (Lipinski definition) is 3. The monoisotopic (exact) mass is 334 g/mol. The Hall–Kier alpha value is -2.04. The molecule has 1 aromatic carbocycles. The molecule has 5 heteroatoms. The van der Waals surface area contributed by atoms with E-state index in [0.717, 1.165) is 17.7 Å². The third kappa shape index (κ3) is 5.55. The van der Waals surface area contributed by atoms with Crippen molar-refractivity contribution in [1.82, 2.24) is 10.2 Å². The summed E-state index contributed by atoms with van der Waals surface area (Å²) < 4.78 is 5.24. The number of methoxy groups -OCH3 is 1. The highest BCUT2D eigenvalue weighted by molar-refractivity contribution is 5.87. The Kier molecular flexibility index (Phi) is 8.30. The van der Waals surface area contributed by atoms with Crippen LogP contribution in [0.5, 0.6) is 5.75 Å². The smallest absolute Gasteiger partial charge is 0.243 e. The topological polar surface area (TPSA) is 58.6 Å². The number of benzene rings is 1. The van der Waals surface area contributed by atoms with E-state index in [9.17, 15) is 9.59 Å². The normalized spacial score (nSPS) is 13.0. The van der Waals surface area contributed by atoms with E-state index in [-0.39, 0.29) is 17.9 Å². The van der Waals surface area contributed by atoms with Crippen LogP contribution in [-0.4, -0.2) is 35.9 Å². The Balaban J connectivity index is 3.00. The Morgan fingerprint density at radius 3 is 2.46 bits per heavy atom. The fourth-order valence-electron chi connectivity index (χ4n) is 2.53. The van der Waals surface area contributed by atoms with Crippen molar-refractivity contribution in [1.29, 1.82) is 0 Å². The van der Waals surface area contributed by atoms with E-state index in [1.807, 2.05) is 52.0 Å². The Labute approximate surface area is 145 Å². The van der Waals surface area contributed by atoms with Gasteiger partial charge in [-0.2, -0.15) is 0 Å². The highest BCUT2D eigenvalue weighted by Gasteiger charge is 2.28. The molecule has 0 saturated carbocycles. The van der Waals surface area contributed by atoms with Crippen LogP contribution in [0.15, 0.2) is 24.3 Å². The molecule has 0 aliphatic heterocycles. The Morgan fingerprint density at radius 2 is 1.92 bits per heavy atom. The molecule has 2 atom stereocenters. The van der Waals surface area contributed by atoms with Gasteiger partial charge in [0.2, 0.25) is 11.8 Å². The number of rotatable bonds is 9. The molecule has 1 N–H and O–H groups in total. The van der Waals surface area contributed by atoms with Crippen molar-refractivity contribution in [3.8, 4) is 5.75 Å². The fraction of sp³-hybridized carbons (Fsp3) is 0.579. The van der Waals surface area contributed by atoms with Gasteiger partial charge in [-0.05, 0) is 37.5 Å². The fourth-order valence-corrected chi connectivity index (χ4v) is 2.53. The molecular formula is C19H30N2O3. The predicted octanol–water partition coefficient (Wildman–Crippen LogP) is 3.13. The number of nitrogens with zero attached hydrogens (tertiary/aromatic N) is 1. The van der Waals surface area contributed by atoms with Gasteiger partial charge in [-0.3, -0.25) is 9.59 Å². The third-order valence-electron chi connectivity index (χ3n) is 4.18. The minimum atomic E-state index is -0.461. The lowest BCUT2D eigenvalue weighted by Gasteiger charge is -2.31. The summed E-state index contributed by atoms with van der Waals surface area (Å²) in [6.45, 7) is 8.15. The second kappa shape index (κ2) is 9.96. The quantitative estimate of drug-likeness (QED) is 0.755. The van der Waals surface area contributed by atoms with Gasteiger partial charge in [-0.1, -0.05) is 32.9 Å². The van der Waals surface area contributed by atoms with Gasteiger partial charge in [0.1, 0.15) is 11.8 Å². The van der Waals surface area contributed by atoms with Gasteiger partial charge >= 0.3 is 0 Å². The largest absolute Gasteiger partial charge is 0.497 e. The molecule has 0 aliphatic rings. The molecule has 0 heterocycles. The Bertz CT molecular complexity index is 545. The summed E-state index contributed by atoms with van der Waals surface area (Å²) in [6, 6.07) is 7.23. The summed E-state index contributed by atoms with van der Waals surface area (Å²) in [7, 11) is 1.61. The first kappa shape index (κ1) is 20.0. The van der Waals surface area contributed by atoms with Gasteiger partial charge in [-0.15, -0.1) is 0 Å². The number of ether oxygens (including phenoxy) is 1. The van der Waals surface area contributed by atoms with Crippen LogP contribution in [0, 0.1) is 0 Å². The van der Waals surface area contributed by atoms with Crippen LogP contribution in [0.4, 0.5) is 0 Å². The standard InChI is InChI=1S/C19H30N2O3/c1-6-14(4)20-19(23)17(7-2)21(18(22)8-3)13-15-10-9-11-16(12-15)24-5/h9-12,14,17H,6-8,13H2,1-5H3,(H,20,23)/t14-,17+/m1/s1. The van der Waals surface area contributed by atoms with Crippen molar-refractivity contribution in [2.45, 2.75) is 65.6 Å². The molecule has 1 aromatic rings. The lowest BCUT2D eigenvalue weighted by Crippen LogP contribution is -2.50. The second-order valence-corrected chi connectivity index (χ2v) is 5.97. The molecule has 5 nitrogen and oxygen atoms in total. The molecule has 0 radical (unpaired) electrons. The van der Waals surface area contributed by atoms with Crippen molar-refractivity contribution >= 4 is 11.8 Å². The molecule has 0 aliphatic carbocycles. The van der Waals surface area contributed by atoms with Crippen LogP contribution >= 0.6 is 0 Å². The maximum atomic E-state index is 12.6. The number of carbonyl (C=O) groups is 2. The van der Waals surface area contributed by atoms with Gasteiger partial charge in [0, 0.05) is 19.0 Å². The summed E-state index contributed by atoms with van der Waals surface area (Å²) in [6.07, 6.45) is 1.81. The van der Waals surface area contributed by atoms with Gasteiger partial charge in [0.15, 0.2) is 0 Å². The van der Waals surface area contributed by atoms with E-state index in [1.165, 1.54) is 0 Å². The summed E-state index contributed by atoms with van der Waals surface area (Å²) in [5.41, 5.74) is 0.950. The minimum Gasteiger partial charge on any atom is -0.497 e. The van der Waals surface area contributed by atoms with E-state index in [1.54, 1.807) is 12.0 Å². The highest BCUT2D eigenvalue weighted by atomic mass is 16.5. The predicted molar refractivity (Wildman–Crippen MR) is 95.8 cm³/mol. The molecule has 0 saturated heterocycles. The minimum absolute atomic E-state index is 0.0241. The van der Waals surface area contributed by atoms with Crippen molar-refractivity contribution in [3.63, 3.8) is 0 Å². The molecule has 2 amide bonds. The number of hydrogen-bond donors (Lipinski definition) is 1. The van der Waals surface area contributed by atoms with Crippen LogP contribution in [0.2, 0.25) is 0 Å². The molecule has 0 aromatic heterocycles. The molecule has 24 heavy (non-hydrogen) atoms. The van der Waals surface area contributed by atoms with E-state index in [2.05, 4.69) is 5.32 Å². The molecule has 1 rings (SSSR count). The average molecular weight is 334 g/mol. The highest BCUT2D eigenvalue weighted by Crippen LogP contribution is 2.18. The third-order valence-corrected chi connectivity index (χ3v) is 4.18. The molecule has 0 bridgehead atoms. The van der Waals surface area contributed by atoms with Gasteiger partial charge in [-0.25, -0.2) is 0 Å². The Morgan fingerprint density at radius 1 is 1.21 bits per heavy atom. The van der Waals surface area contributed by atoms with Gasteiger partial charge < -0.3 is 15.0 Å². The van der Waals surface area contributed by atoms with Crippen LogP contribution in [0.1, 0.15) is 52.5 Å². The molecule has 0 unspecified atom stereocenters. The van der Waals surface area contributed by atoms with Crippen LogP contribution in [0.25, 0.3) is 0 Å². The van der Waals surface area contributed by atoms with Crippen molar-refractivity contribution in [2.24, 2.45) is 0 Å². The first-order valence-corrected chi connectivity index (χ1v) is 8.69. The molecular weight excluding hydrogens is 304 g/mol. The maximum absolute atomic E-state index is 12.6. The molecule has 0 spiro atoms. The lowest BCUT2D eigenvalue weighted by atomic mass is 10.1. The van der Waals surface area contributed by atoms with Gasteiger partial charge in [0.25, 0.3) is 0 Å². The zero-order valence-corrected chi connectivity index (χ0v) is 15.5.